The van der Waals surface area contributed by atoms with Crippen LogP contribution in [0.15, 0.2) is 42.6 Å². The Balaban J connectivity index is 1.64. The van der Waals surface area contributed by atoms with E-state index in [0.29, 0.717) is 22.3 Å². The molecule has 1 amide bonds. The number of aliphatic hydroxyl groups excluding tert-OH is 1. The van der Waals surface area contributed by atoms with Gasteiger partial charge in [-0.3, -0.25) is 4.79 Å². The number of carbonyl (C=O) groups excluding carboxylic acids is 1. The van der Waals surface area contributed by atoms with E-state index < -0.39 is 0 Å². The lowest BCUT2D eigenvalue weighted by molar-refractivity contribution is 0.102. The SMILES string of the molecule is CN(c1ccc(C(=O)Nc2cccc(Cl)c2)cn1)C1CCC(O)CC1. The lowest BCUT2D eigenvalue weighted by Gasteiger charge is -2.33. The number of carbonyl (C=O) groups is 1. The minimum Gasteiger partial charge on any atom is -0.393 e. The molecule has 0 atom stereocenters. The lowest BCUT2D eigenvalue weighted by atomic mass is 9.92. The van der Waals surface area contributed by atoms with E-state index in [-0.39, 0.29) is 12.0 Å². The number of hydrogen-bond acceptors (Lipinski definition) is 4. The normalized spacial score (nSPS) is 20.1. The number of aliphatic hydroxyl groups is 1. The molecule has 2 aromatic rings. The maximum atomic E-state index is 12.3. The molecule has 0 bridgehead atoms. The second-order valence-electron chi connectivity index (χ2n) is 6.44. The molecule has 0 spiro atoms. The van der Waals surface area contributed by atoms with Crippen LogP contribution in [0.25, 0.3) is 0 Å². The van der Waals surface area contributed by atoms with E-state index in [1.807, 2.05) is 13.1 Å². The zero-order chi connectivity index (χ0) is 17.8. The molecule has 0 saturated heterocycles. The molecule has 1 saturated carbocycles. The minimum atomic E-state index is -0.218. The molecule has 1 aliphatic rings. The predicted molar refractivity (Wildman–Crippen MR) is 100 cm³/mol. The fraction of sp³-hybridized carbons (Fsp3) is 0.368. The molecule has 0 radical (unpaired) electrons. The summed E-state index contributed by atoms with van der Waals surface area (Å²) in [7, 11) is 2.01. The predicted octanol–water partition coefficient (Wildman–Crippen LogP) is 3.73. The van der Waals surface area contributed by atoms with Crippen molar-refractivity contribution in [2.75, 3.05) is 17.3 Å². The van der Waals surface area contributed by atoms with E-state index in [2.05, 4.69) is 15.2 Å². The summed E-state index contributed by atoms with van der Waals surface area (Å²) in [6.07, 6.45) is 4.98. The van der Waals surface area contributed by atoms with Crippen LogP contribution in [0.4, 0.5) is 11.5 Å². The summed E-state index contributed by atoms with van der Waals surface area (Å²) in [5.74, 6) is 0.616. The number of aromatic nitrogens is 1. The van der Waals surface area contributed by atoms with Crippen LogP contribution in [0.5, 0.6) is 0 Å². The standard InChI is InChI=1S/C19H22ClN3O2/c1-23(16-6-8-17(24)9-7-16)18-10-5-13(12-21-18)19(25)22-15-4-2-3-14(20)11-15/h2-5,10-12,16-17,24H,6-9H2,1H3,(H,22,25). The van der Waals surface area contributed by atoms with E-state index in [1.165, 1.54) is 0 Å². The number of rotatable bonds is 4. The smallest absolute Gasteiger partial charge is 0.257 e. The van der Waals surface area contributed by atoms with Gasteiger partial charge in [-0.25, -0.2) is 4.98 Å². The van der Waals surface area contributed by atoms with Gasteiger partial charge in [0.2, 0.25) is 0 Å². The van der Waals surface area contributed by atoms with Gasteiger partial charge in [-0.15, -0.1) is 0 Å². The number of hydrogen-bond donors (Lipinski definition) is 2. The van der Waals surface area contributed by atoms with E-state index in [9.17, 15) is 9.90 Å². The highest BCUT2D eigenvalue weighted by Gasteiger charge is 2.23. The average molecular weight is 360 g/mol. The van der Waals surface area contributed by atoms with Crippen molar-refractivity contribution in [3.8, 4) is 0 Å². The zero-order valence-corrected chi connectivity index (χ0v) is 14.9. The number of benzene rings is 1. The van der Waals surface area contributed by atoms with Crippen LogP contribution in [0.2, 0.25) is 5.02 Å². The lowest BCUT2D eigenvalue weighted by Crippen LogP contribution is -2.36. The van der Waals surface area contributed by atoms with Crippen molar-refractivity contribution < 1.29 is 9.90 Å². The summed E-state index contributed by atoms with van der Waals surface area (Å²) in [6, 6.07) is 11.0. The van der Waals surface area contributed by atoms with Crippen LogP contribution in [0, 0.1) is 0 Å². The van der Waals surface area contributed by atoms with Crippen molar-refractivity contribution in [2.45, 2.75) is 37.8 Å². The topological polar surface area (TPSA) is 65.5 Å². The van der Waals surface area contributed by atoms with Gasteiger partial charge < -0.3 is 15.3 Å². The van der Waals surface area contributed by atoms with Gasteiger partial charge in [0, 0.05) is 30.0 Å². The molecule has 0 aliphatic heterocycles. The van der Waals surface area contributed by atoms with E-state index >= 15 is 0 Å². The fourth-order valence-electron chi connectivity index (χ4n) is 3.13. The van der Waals surface area contributed by atoms with Crippen LogP contribution >= 0.6 is 11.6 Å². The number of halogens is 1. The number of nitrogens with zero attached hydrogens (tertiary/aromatic N) is 2. The molecule has 2 N–H and O–H groups in total. The van der Waals surface area contributed by atoms with Crippen LogP contribution < -0.4 is 10.2 Å². The molecule has 0 unspecified atom stereocenters. The second-order valence-corrected chi connectivity index (χ2v) is 6.88. The highest BCUT2D eigenvalue weighted by atomic mass is 35.5. The van der Waals surface area contributed by atoms with Gasteiger partial charge >= 0.3 is 0 Å². The first-order chi connectivity index (χ1) is 12.0. The van der Waals surface area contributed by atoms with E-state index in [4.69, 9.17) is 11.6 Å². The van der Waals surface area contributed by atoms with Crippen molar-refractivity contribution in [3.05, 3.63) is 53.2 Å². The maximum Gasteiger partial charge on any atom is 0.257 e. The quantitative estimate of drug-likeness (QED) is 0.873. The monoisotopic (exact) mass is 359 g/mol. The van der Waals surface area contributed by atoms with E-state index in [1.54, 1.807) is 36.5 Å². The summed E-state index contributed by atoms with van der Waals surface area (Å²) in [5.41, 5.74) is 1.15. The summed E-state index contributed by atoms with van der Waals surface area (Å²) in [5, 5.41) is 13.0. The van der Waals surface area contributed by atoms with Crippen LogP contribution in [0.1, 0.15) is 36.0 Å². The molecule has 25 heavy (non-hydrogen) atoms. The van der Waals surface area contributed by atoms with Gasteiger partial charge in [0.25, 0.3) is 5.91 Å². The number of nitrogens with one attached hydrogen (secondary N) is 1. The van der Waals surface area contributed by atoms with Gasteiger partial charge in [-0.1, -0.05) is 17.7 Å². The van der Waals surface area contributed by atoms with Crippen LogP contribution in [-0.4, -0.2) is 35.2 Å². The number of pyridine rings is 1. The van der Waals surface area contributed by atoms with Gasteiger partial charge in [0.05, 0.1) is 11.7 Å². The first-order valence-electron chi connectivity index (χ1n) is 8.47. The first-order valence-corrected chi connectivity index (χ1v) is 8.84. The van der Waals surface area contributed by atoms with Gasteiger partial charge in [0.15, 0.2) is 0 Å². The van der Waals surface area contributed by atoms with Crippen molar-refractivity contribution in [1.29, 1.82) is 0 Å². The largest absolute Gasteiger partial charge is 0.393 e. The molecule has 1 aliphatic carbocycles. The highest BCUT2D eigenvalue weighted by Crippen LogP contribution is 2.25. The Morgan fingerprint density at radius 2 is 2.00 bits per heavy atom. The molecule has 1 aromatic heterocycles. The summed E-state index contributed by atoms with van der Waals surface area (Å²) in [6.45, 7) is 0. The van der Waals surface area contributed by atoms with E-state index in [0.717, 1.165) is 31.5 Å². The molecule has 6 heteroatoms. The molecule has 5 nitrogen and oxygen atoms in total. The van der Waals surface area contributed by atoms with Crippen molar-refractivity contribution in [1.82, 2.24) is 4.98 Å². The third-order valence-electron chi connectivity index (χ3n) is 4.67. The molecule has 132 valence electrons. The van der Waals surface area contributed by atoms with Gasteiger partial charge in [-0.05, 0) is 56.0 Å². The molecule has 1 fully saturated rings. The zero-order valence-electron chi connectivity index (χ0n) is 14.2. The molecule has 1 heterocycles. The Hall–Kier alpha value is -2.11. The van der Waals surface area contributed by atoms with Crippen molar-refractivity contribution in [3.63, 3.8) is 0 Å². The summed E-state index contributed by atoms with van der Waals surface area (Å²) in [4.78, 5) is 18.9. The van der Waals surface area contributed by atoms with Gasteiger partial charge in [0.1, 0.15) is 5.82 Å². The highest BCUT2D eigenvalue weighted by molar-refractivity contribution is 6.30. The molecule has 1 aromatic carbocycles. The molecule has 3 rings (SSSR count). The third-order valence-corrected chi connectivity index (χ3v) is 4.90. The average Bonchev–Trinajstić information content (AvgIpc) is 2.62. The maximum absolute atomic E-state index is 12.3. The summed E-state index contributed by atoms with van der Waals surface area (Å²) >= 11 is 5.93. The van der Waals surface area contributed by atoms with Crippen LogP contribution in [0.3, 0.4) is 0 Å². The number of amides is 1. The Kier molecular flexibility index (Phi) is 5.56. The third kappa shape index (κ3) is 4.50. The minimum absolute atomic E-state index is 0.171. The Morgan fingerprint density at radius 1 is 1.24 bits per heavy atom. The fourth-order valence-corrected chi connectivity index (χ4v) is 3.32. The van der Waals surface area contributed by atoms with Crippen LogP contribution in [-0.2, 0) is 0 Å². The van der Waals surface area contributed by atoms with Crippen molar-refractivity contribution >= 4 is 29.0 Å². The summed E-state index contributed by atoms with van der Waals surface area (Å²) < 4.78 is 0. The Morgan fingerprint density at radius 3 is 2.64 bits per heavy atom. The molecular formula is C19H22ClN3O2. The molecular weight excluding hydrogens is 338 g/mol. The number of anilines is 2. The Bertz CT molecular complexity index is 728. The Labute approximate surface area is 152 Å². The van der Waals surface area contributed by atoms with Crippen molar-refractivity contribution in [2.24, 2.45) is 0 Å². The second kappa shape index (κ2) is 7.85. The first kappa shape index (κ1) is 17.7. The van der Waals surface area contributed by atoms with Gasteiger partial charge in [-0.2, -0.15) is 0 Å².